The number of hydrogen-bond donors (Lipinski definition) is 1. The Bertz CT molecular complexity index is 575. The van der Waals surface area contributed by atoms with E-state index in [-0.39, 0.29) is 0 Å². The first-order valence-corrected chi connectivity index (χ1v) is 7.09. The first-order chi connectivity index (χ1) is 9.72. The van der Waals surface area contributed by atoms with E-state index in [9.17, 15) is 0 Å². The van der Waals surface area contributed by atoms with E-state index >= 15 is 0 Å². The summed E-state index contributed by atoms with van der Waals surface area (Å²) in [5.41, 5.74) is 3.37. The van der Waals surface area contributed by atoms with Crippen LogP contribution in [-0.4, -0.2) is 23.3 Å². The van der Waals surface area contributed by atoms with Gasteiger partial charge >= 0.3 is 0 Å². The molecule has 1 fully saturated rings. The van der Waals surface area contributed by atoms with Gasteiger partial charge in [-0.25, -0.2) is 0 Å². The Labute approximate surface area is 119 Å². The van der Waals surface area contributed by atoms with Gasteiger partial charge in [0.25, 0.3) is 0 Å². The Balaban J connectivity index is 1.69. The Kier molecular flexibility index (Phi) is 3.65. The smallest absolute Gasteiger partial charge is 0.155 e. The summed E-state index contributed by atoms with van der Waals surface area (Å²) >= 11 is 0. The minimum Gasteiger partial charge on any atom is -0.328 e. The van der Waals surface area contributed by atoms with E-state index in [1.54, 1.807) is 0 Å². The number of nitrogens with zero attached hydrogens (tertiary/aromatic N) is 3. The highest BCUT2D eigenvalue weighted by atomic mass is 15.3. The van der Waals surface area contributed by atoms with E-state index < -0.39 is 0 Å². The summed E-state index contributed by atoms with van der Waals surface area (Å²) in [6, 6.07) is 13.1. The van der Waals surface area contributed by atoms with E-state index in [0.29, 0.717) is 6.04 Å². The fraction of sp³-hybridized carbons (Fsp3) is 0.375. The Morgan fingerprint density at radius 2 is 2.05 bits per heavy atom. The first-order valence-electron chi connectivity index (χ1n) is 7.09. The molecular weight excluding hydrogens is 248 g/mol. The van der Waals surface area contributed by atoms with E-state index in [2.05, 4.69) is 51.6 Å². The standard InChI is InChI=1S/C16H20N4/c1-12-4-3-5-15(10-12)20(2)16-9-8-14(18-19-16)11-17-13-6-7-13/h3-5,8-10,13,17H,6-7,11H2,1-2H3. The molecule has 0 atom stereocenters. The SMILES string of the molecule is Cc1cccc(N(C)c2ccc(CNC3CC3)nn2)c1. The van der Waals surface area contributed by atoms with Gasteiger partial charge in [-0.3, -0.25) is 0 Å². The van der Waals surface area contributed by atoms with Gasteiger partial charge in [0.2, 0.25) is 0 Å². The lowest BCUT2D eigenvalue weighted by Crippen LogP contribution is -2.17. The third-order valence-electron chi connectivity index (χ3n) is 3.59. The highest BCUT2D eigenvalue weighted by Gasteiger charge is 2.20. The second-order valence-corrected chi connectivity index (χ2v) is 5.44. The van der Waals surface area contributed by atoms with E-state index in [4.69, 9.17) is 0 Å². The van der Waals surface area contributed by atoms with Crippen LogP contribution in [0.3, 0.4) is 0 Å². The summed E-state index contributed by atoms with van der Waals surface area (Å²) in [6.45, 7) is 2.90. The van der Waals surface area contributed by atoms with Gasteiger partial charge < -0.3 is 10.2 Å². The van der Waals surface area contributed by atoms with Crippen molar-refractivity contribution in [3.05, 3.63) is 47.7 Å². The topological polar surface area (TPSA) is 41.0 Å². The molecule has 1 aliphatic rings. The molecule has 0 amide bonds. The molecular formula is C16H20N4. The number of anilines is 2. The van der Waals surface area contributed by atoms with Gasteiger partial charge in [0.05, 0.1) is 5.69 Å². The molecule has 1 saturated carbocycles. The maximum atomic E-state index is 4.32. The lowest BCUT2D eigenvalue weighted by Gasteiger charge is -2.18. The van der Waals surface area contributed by atoms with Crippen LogP contribution in [0.1, 0.15) is 24.1 Å². The van der Waals surface area contributed by atoms with Crippen molar-refractivity contribution in [2.45, 2.75) is 32.4 Å². The normalized spacial score (nSPS) is 14.3. The summed E-state index contributed by atoms with van der Waals surface area (Å²) in [5, 5.41) is 12.1. The van der Waals surface area contributed by atoms with Gasteiger partial charge in [0.15, 0.2) is 5.82 Å². The van der Waals surface area contributed by atoms with Crippen molar-refractivity contribution in [1.29, 1.82) is 0 Å². The van der Waals surface area contributed by atoms with Gasteiger partial charge in [-0.2, -0.15) is 5.10 Å². The van der Waals surface area contributed by atoms with Crippen LogP contribution in [0.2, 0.25) is 0 Å². The predicted octanol–water partition coefficient (Wildman–Crippen LogP) is 2.80. The molecule has 0 aliphatic heterocycles. The Morgan fingerprint density at radius 3 is 2.70 bits per heavy atom. The number of rotatable bonds is 5. The molecule has 1 aromatic carbocycles. The van der Waals surface area contributed by atoms with E-state index in [1.165, 1.54) is 18.4 Å². The zero-order valence-corrected chi connectivity index (χ0v) is 12.0. The molecule has 1 aliphatic carbocycles. The van der Waals surface area contributed by atoms with Crippen molar-refractivity contribution in [3.8, 4) is 0 Å². The van der Waals surface area contributed by atoms with Crippen molar-refractivity contribution in [3.63, 3.8) is 0 Å². The van der Waals surface area contributed by atoms with Crippen LogP contribution >= 0.6 is 0 Å². The molecule has 4 nitrogen and oxygen atoms in total. The lowest BCUT2D eigenvalue weighted by molar-refractivity contribution is 0.665. The van der Waals surface area contributed by atoms with Crippen LogP contribution in [0.15, 0.2) is 36.4 Å². The number of benzene rings is 1. The number of hydrogen-bond acceptors (Lipinski definition) is 4. The van der Waals surface area contributed by atoms with E-state index in [1.807, 2.05) is 19.2 Å². The van der Waals surface area contributed by atoms with Gasteiger partial charge in [-0.1, -0.05) is 12.1 Å². The second-order valence-electron chi connectivity index (χ2n) is 5.44. The van der Waals surface area contributed by atoms with Crippen LogP contribution in [0.5, 0.6) is 0 Å². The molecule has 0 spiro atoms. The molecule has 1 heterocycles. The first kappa shape index (κ1) is 13.1. The van der Waals surface area contributed by atoms with E-state index in [0.717, 1.165) is 23.7 Å². The van der Waals surface area contributed by atoms with Crippen LogP contribution in [-0.2, 0) is 6.54 Å². The third kappa shape index (κ3) is 3.14. The Hall–Kier alpha value is -1.94. The maximum Gasteiger partial charge on any atom is 0.155 e. The molecule has 20 heavy (non-hydrogen) atoms. The van der Waals surface area contributed by atoms with Crippen molar-refractivity contribution >= 4 is 11.5 Å². The highest BCUT2D eigenvalue weighted by molar-refractivity contribution is 5.59. The molecule has 104 valence electrons. The van der Waals surface area contributed by atoms with Gasteiger partial charge in [-0.15, -0.1) is 5.10 Å². The molecule has 2 aromatic rings. The Morgan fingerprint density at radius 1 is 1.20 bits per heavy atom. The third-order valence-corrected chi connectivity index (χ3v) is 3.59. The lowest BCUT2D eigenvalue weighted by atomic mass is 10.2. The van der Waals surface area contributed by atoms with Gasteiger partial charge in [0, 0.05) is 25.3 Å². The zero-order chi connectivity index (χ0) is 13.9. The summed E-state index contributed by atoms with van der Waals surface area (Å²) in [5.74, 6) is 0.866. The molecule has 0 radical (unpaired) electrons. The monoisotopic (exact) mass is 268 g/mol. The molecule has 1 N–H and O–H groups in total. The summed E-state index contributed by atoms with van der Waals surface area (Å²) in [7, 11) is 2.01. The van der Waals surface area contributed by atoms with Crippen molar-refractivity contribution < 1.29 is 0 Å². The minimum atomic E-state index is 0.700. The predicted molar refractivity (Wildman–Crippen MR) is 81.1 cm³/mol. The molecule has 4 heteroatoms. The average Bonchev–Trinajstić information content (AvgIpc) is 3.29. The average molecular weight is 268 g/mol. The van der Waals surface area contributed by atoms with Gasteiger partial charge in [0.1, 0.15) is 0 Å². The summed E-state index contributed by atoms with van der Waals surface area (Å²) in [4.78, 5) is 2.05. The minimum absolute atomic E-state index is 0.700. The number of aromatic nitrogens is 2. The fourth-order valence-corrected chi connectivity index (χ4v) is 2.13. The largest absolute Gasteiger partial charge is 0.328 e. The second kappa shape index (κ2) is 5.59. The highest BCUT2D eigenvalue weighted by Crippen LogP contribution is 2.22. The number of aryl methyl sites for hydroxylation is 1. The fourth-order valence-electron chi connectivity index (χ4n) is 2.13. The molecule has 3 rings (SSSR count). The van der Waals surface area contributed by atoms with Crippen LogP contribution in [0, 0.1) is 6.92 Å². The quantitative estimate of drug-likeness (QED) is 0.905. The maximum absolute atomic E-state index is 4.32. The van der Waals surface area contributed by atoms with Crippen molar-refractivity contribution in [1.82, 2.24) is 15.5 Å². The zero-order valence-electron chi connectivity index (χ0n) is 12.0. The molecule has 1 aromatic heterocycles. The summed E-state index contributed by atoms with van der Waals surface area (Å²) in [6.07, 6.45) is 2.59. The van der Waals surface area contributed by atoms with Gasteiger partial charge in [-0.05, 0) is 49.6 Å². The molecule has 0 bridgehead atoms. The van der Waals surface area contributed by atoms with Crippen molar-refractivity contribution in [2.75, 3.05) is 11.9 Å². The van der Waals surface area contributed by atoms with Crippen LogP contribution < -0.4 is 10.2 Å². The van der Waals surface area contributed by atoms with Crippen LogP contribution in [0.25, 0.3) is 0 Å². The van der Waals surface area contributed by atoms with Crippen LogP contribution in [0.4, 0.5) is 11.5 Å². The molecule has 0 unspecified atom stereocenters. The number of nitrogens with one attached hydrogen (secondary N) is 1. The summed E-state index contributed by atoms with van der Waals surface area (Å²) < 4.78 is 0. The van der Waals surface area contributed by atoms with Crippen molar-refractivity contribution in [2.24, 2.45) is 0 Å². The molecule has 0 saturated heterocycles.